The van der Waals surface area contributed by atoms with Crippen molar-refractivity contribution in [1.29, 1.82) is 0 Å². The quantitative estimate of drug-likeness (QED) is 0.0704. The number of amides is 2. The van der Waals surface area contributed by atoms with Crippen LogP contribution in [0, 0.1) is 0 Å². The number of ether oxygens (including phenoxy) is 10. The molecule has 0 radical (unpaired) electrons. The van der Waals surface area contributed by atoms with Gasteiger partial charge in [-0.05, 0) is 24.3 Å². The highest BCUT2D eigenvalue weighted by molar-refractivity contribution is 6.21. The third-order valence-corrected chi connectivity index (χ3v) is 6.72. The van der Waals surface area contributed by atoms with Crippen molar-refractivity contribution < 1.29 is 57.0 Å². The van der Waals surface area contributed by atoms with E-state index in [0.717, 1.165) is 0 Å². The molecule has 48 heavy (non-hydrogen) atoms. The molecule has 2 N–H and O–H groups in total. The lowest BCUT2D eigenvalue weighted by atomic mass is 10.1. The Labute approximate surface area is 282 Å². The summed E-state index contributed by atoms with van der Waals surface area (Å²) in [5.41, 5.74) is 7.31. The number of imide groups is 1. The third-order valence-electron chi connectivity index (χ3n) is 6.72. The molecule has 0 aromatic heterocycles. The number of nitrogens with two attached hydrogens (primary N) is 1. The Bertz CT molecular complexity index is 1120. The van der Waals surface area contributed by atoms with Crippen molar-refractivity contribution in [2.45, 2.75) is 0 Å². The van der Waals surface area contributed by atoms with Crippen molar-refractivity contribution in [3.8, 4) is 5.75 Å². The summed E-state index contributed by atoms with van der Waals surface area (Å²) < 4.78 is 54.8. The number of hydrogen-bond donors (Lipinski definition) is 1. The van der Waals surface area contributed by atoms with E-state index in [9.17, 15) is 9.59 Å². The van der Waals surface area contributed by atoms with Crippen LogP contribution in [0.2, 0.25) is 0 Å². The number of para-hydroxylation sites is 2. The lowest BCUT2D eigenvalue weighted by Crippen LogP contribution is -2.33. The Morgan fingerprint density at radius 1 is 0.417 bits per heavy atom. The Hall–Kier alpha value is -3.18. The molecule has 268 valence electrons. The second kappa shape index (κ2) is 25.8. The summed E-state index contributed by atoms with van der Waals surface area (Å²) in [4.78, 5) is 25.8. The molecule has 2 aromatic carbocycles. The molecule has 0 saturated carbocycles. The van der Waals surface area contributed by atoms with Crippen LogP contribution < -0.4 is 10.5 Å². The summed E-state index contributed by atoms with van der Waals surface area (Å²) >= 11 is 0. The fraction of sp³-hybridized carbons (Fsp3) is 0.588. The van der Waals surface area contributed by atoms with Gasteiger partial charge in [-0.3, -0.25) is 14.5 Å². The number of rotatable bonds is 31. The van der Waals surface area contributed by atoms with Crippen LogP contribution in [0.4, 0.5) is 5.69 Å². The second-order valence-electron chi connectivity index (χ2n) is 10.2. The normalized spacial score (nSPS) is 12.6. The summed E-state index contributed by atoms with van der Waals surface area (Å²) in [6.45, 7) is 8.78. The molecule has 1 aliphatic heterocycles. The highest BCUT2D eigenvalue weighted by Gasteiger charge is 2.34. The van der Waals surface area contributed by atoms with Crippen molar-refractivity contribution >= 4 is 17.5 Å². The van der Waals surface area contributed by atoms with Gasteiger partial charge in [-0.2, -0.15) is 0 Å². The summed E-state index contributed by atoms with van der Waals surface area (Å²) in [6.07, 6.45) is 0. The molecule has 14 heteroatoms. The lowest BCUT2D eigenvalue weighted by molar-refractivity contribution is -0.0255. The SMILES string of the molecule is Nc1ccccc1OCCOCCOCCOCCOCCOCCOCCOCCOCCOCCN1C(=O)c2ccccc2C1=O. The standard InChI is InChI=1S/C34H50N2O12/c35-31-7-3-4-8-32(31)48-28-27-47-26-25-46-24-23-45-22-21-44-20-19-43-18-17-42-16-15-41-14-13-40-12-11-39-10-9-36-33(37)29-5-1-2-6-30(29)34(36)38/h1-8H,9-28,35H2. The zero-order valence-electron chi connectivity index (χ0n) is 27.7. The number of nitrogen functional groups attached to an aromatic ring is 1. The predicted octanol–water partition coefficient (Wildman–Crippen LogP) is 2.09. The van der Waals surface area contributed by atoms with Crippen molar-refractivity contribution in [2.75, 3.05) is 138 Å². The maximum Gasteiger partial charge on any atom is 0.261 e. The Morgan fingerprint density at radius 3 is 1.10 bits per heavy atom. The van der Waals surface area contributed by atoms with Crippen molar-refractivity contribution in [2.24, 2.45) is 0 Å². The fourth-order valence-corrected chi connectivity index (χ4v) is 4.28. The molecule has 2 amide bonds. The molecule has 1 heterocycles. The largest absolute Gasteiger partial charge is 0.489 e. The van der Waals surface area contributed by atoms with Gasteiger partial charge in [-0.1, -0.05) is 24.3 Å². The van der Waals surface area contributed by atoms with Gasteiger partial charge in [-0.15, -0.1) is 0 Å². The minimum atomic E-state index is -0.279. The molecule has 0 atom stereocenters. The first kappa shape index (κ1) is 39.3. The zero-order valence-corrected chi connectivity index (χ0v) is 27.7. The van der Waals surface area contributed by atoms with E-state index < -0.39 is 0 Å². The summed E-state index contributed by atoms with van der Waals surface area (Å²) in [5.74, 6) is 0.104. The molecule has 0 saturated heterocycles. The number of carbonyl (C=O) groups is 2. The van der Waals surface area contributed by atoms with Crippen LogP contribution in [0.5, 0.6) is 5.75 Å². The van der Waals surface area contributed by atoms with E-state index in [4.69, 9.17) is 53.1 Å². The topological polar surface area (TPSA) is 156 Å². The van der Waals surface area contributed by atoms with Gasteiger partial charge in [-0.25, -0.2) is 0 Å². The monoisotopic (exact) mass is 678 g/mol. The van der Waals surface area contributed by atoms with Gasteiger partial charge in [0.25, 0.3) is 11.8 Å². The molecule has 1 aliphatic rings. The number of anilines is 1. The lowest BCUT2D eigenvalue weighted by Gasteiger charge is -2.13. The van der Waals surface area contributed by atoms with Gasteiger partial charge in [0.2, 0.25) is 0 Å². The van der Waals surface area contributed by atoms with Crippen LogP contribution in [-0.2, 0) is 42.6 Å². The molecular formula is C34H50N2O12. The van der Waals surface area contributed by atoms with E-state index in [0.29, 0.717) is 141 Å². The highest BCUT2D eigenvalue weighted by atomic mass is 16.6. The van der Waals surface area contributed by atoms with Crippen LogP contribution in [0.1, 0.15) is 20.7 Å². The molecule has 0 unspecified atom stereocenters. The van der Waals surface area contributed by atoms with E-state index in [1.165, 1.54) is 4.90 Å². The molecular weight excluding hydrogens is 628 g/mol. The van der Waals surface area contributed by atoms with Crippen molar-refractivity contribution in [3.63, 3.8) is 0 Å². The Morgan fingerprint density at radius 2 is 0.729 bits per heavy atom. The van der Waals surface area contributed by atoms with Crippen LogP contribution in [0.15, 0.2) is 48.5 Å². The molecule has 0 fully saturated rings. The van der Waals surface area contributed by atoms with Crippen molar-refractivity contribution in [1.82, 2.24) is 4.90 Å². The number of nitrogens with zero attached hydrogens (tertiary/aromatic N) is 1. The number of fused-ring (bicyclic) bond motifs is 1. The van der Waals surface area contributed by atoms with Gasteiger partial charge >= 0.3 is 0 Å². The maximum atomic E-state index is 12.3. The molecule has 14 nitrogen and oxygen atoms in total. The number of hydrogen-bond acceptors (Lipinski definition) is 13. The molecule has 0 spiro atoms. The summed E-state index contributed by atoms with van der Waals surface area (Å²) in [7, 11) is 0. The van der Waals surface area contributed by atoms with Crippen LogP contribution >= 0.6 is 0 Å². The third kappa shape index (κ3) is 16.3. The van der Waals surface area contributed by atoms with Gasteiger partial charge in [0.1, 0.15) is 12.4 Å². The average molecular weight is 679 g/mol. The number of benzene rings is 2. The molecule has 2 aromatic rings. The van der Waals surface area contributed by atoms with Gasteiger partial charge < -0.3 is 53.1 Å². The Balaban J connectivity index is 0.936. The fourth-order valence-electron chi connectivity index (χ4n) is 4.28. The Kier molecular flexibility index (Phi) is 21.1. The molecule has 3 rings (SSSR count). The van der Waals surface area contributed by atoms with Crippen LogP contribution in [0.25, 0.3) is 0 Å². The van der Waals surface area contributed by atoms with E-state index in [1.54, 1.807) is 30.3 Å². The second-order valence-corrected chi connectivity index (χ2v) is 10.2. The molecule has 0 aliphatic carbocycles. The molecule has 0 bridgehead atoms. The highest BCUT2D eigenvalue weighted by Crippen LogP contribution is 2.22. The van der Waals surface area contributed by atoms with E-state index in [1.807, 2.05) is 18.2 Å². The minimum Gasteiger partial charge on any atom is -0.489 e. The van der Waals surface area contributed by atoms with Crippen molar-refractivity contribution in [3.05, 3.63) is 59.7 Å². The minimum absolute atomic E-state index is 0.213. The zero-order chi connectivity index (χ0) is 33.9. The predicted molar refractivity (Wildman–Crippen MR) is 176 cm³/mol. The van der Waals surface area contributed by atoms with Gasteiger partial charge in [0.15, 0.2) is 0 Å². The van der Waals surface area contributed by atoms with E-state index in [-0.39, 0.29) is 25.0 Å². The van der Waals surface area contributed by atoms with Crippen LogP contribution in [0.3, 0.4) is 0 Å². The van der Waals surface area contributed by atoms with Crippen LogP contribution in [-0.4, -0.2) is 149 Å². The average Bonchev–Trinajstić information content (AvgIpc) is 3.34. The van der Waals surface area contributed by atoms with Gasteiger partial charge in [0.05, 0.1) is 142 Å². The summed E-state index contributed by atoms with van der Waals surface area (Å²) in [6, 6.07) is 14.2. The smallest absolute Gasteiger partial charge is 0.261 e. The van der Waals surface area contributed by atoms with Gasteiger partial charge in [0, 0.05) is 0 Å². The first-order valence-corrected chi connectivity index (χ1v) is 16.3. The first-order chi connectivity index (χ1) is 23.7. The van der Waals surface area contributed by atoms with E-state index in [2.05, 4.69) is 0 Å². The number of carbonyl (C=O) groups excluding carboxylic acids is 2. The summed E-state index contributed by atoms with van der Waals surface area (Å²) in [5, 5.41) is 0. The first-order valence-electron chi connectivity index (χ1n) is 16.3. The van der Waals surface area contributed by atoms with E-state index >= 15 is 0 Å². The maximum absolute atomic E-state index is 12.3.